The second kappa shape index (κ2) is 5.51. The van der Waals surface area contributed by atoms with Gasteiger partial charge in [-0.15, -0.1) is 11.3 Å². The number of hydrogen-bond donors (Lipinski definition) is 2. The Hall–Kier alpha value is -0.380. The van der Waals surface area contributed by atoms with Gasteiger partial charge in [-0.05, 0) is 49.9 Å². The van der Waals surface area contributed by atoms with Crippen molar-refractivity contribution in [3.8, 4) is 0 Å². The zero-order chi connectivity index (χ0) is 12.3. The summed E-state index contributed by atoms with van der Waals surface area (Å²) in [6, 6.07) is 2.93. The van der Waals surface area contributed by atoms with Crippen LogP contribution in [0.5, 0.6) is 0 Å². The summed E-state index contributed by atoms with van der Waals surface area (Å²) in [5.41, 5.74) is 1.69. The molecule has 1 saturated heterocycles. The van der Waals surface area contributed by atoms with Crippen LogP contribution in [0.2, 0.25) is 0 Å². The van der Waals surface area contributed by atoms with Crippen LogP contribution in [0.25, 0.3) is 0 Å². The Morgan fingerprint density at radius 3 is 2.71 bits per heavy atom. The van der Waals surface area contributed by atoms with Gasteiger partial charge in [0, 0.05) is 22.9 Å². The molecule has 96 valence electrons. The van der Waals surface area contributed by atoms with Crippen molar-refractivity contribution in [2.45, 2.75) is 45.1 Å². The van der Waals surface area contributed by atoms with Crippen LogP contribution in [0.4, 0.5) is 0 Å². The van der Waals surface area contributed by atoms with Crippen molar-refractivity contribution in [2.75, 3.05) is 19.6 Å². The Kier molecular flexibility index (Phi) is 4.23. The molecule has 1 aliphatic heterocycles. The first kappa shape index (κ1) is 13.1. The summed E-state index contributed by atoms with van der Waals surface area (Å²) >= 11 is 1.89. The lowest BCUT2D eigenvalue weighted by Gasteiger charge is -2.30. The number of thiophene rings is 1. The first-order valence-electron chi connectivity index (χ1n) is 6.58. The van der Waals surface area contributed by atoms with E-state index >= 15 is 0 Å². The monoisotopic (exact) mass is 252 g/mol. The standard InChI is InChI=1S/C14H24N2S/c1-11-6-9-17-13(11)14(2,3)10-16-12-4-7-15-8-5-12/h6,9,12,15-16H,4-5,7-8,10H2,1-3H3. The molecule has 17 heavy (non-hydrogen) atoms. The van der Waals surface area contributed by atoms with E-state index in [1.165, 1.54) is 23.3 Å². The fraction of sp³-hybridized carbons (Fsp3) is 0.714. The molecule has 2 nitrogen and oxygen atoms in total. The largest absolute Gasteiger partial charge is 0.317 e. The summed E-state index contributed by atoms with van der Waals surface area (Å²) in [6.07, 6.45) is 2.53. The third-order valence-electron chi connectivity index (χ3n) is 3.65. The van der Waals surface area contributed by atoms with Crippen LogP contribution in [0.1, 0.15) is 37.1 Å². The molecule has 0 radical (unpaired) electrons. The quantitative estimate of drug-likeness (QED) is 0.861. The van der Waals surface area contributed by atoms with E-state index in [1.807, 2.05) is 11.3 Å². The van der Waals surface area contributed by atoms with Crippen molar-refractivity contribution < 1.29 is 0 Å². The highest BCUT2D eigenvalue weighted by molar-refractivity contribution is 7.10. The van der Waals surface area contributed by atoms with Crippen LogP contribution in [0, 0.1) is 6.92 Å². The van der Waals surface area contributed by atoms with Gasteiger partial charge in [0.05, 0.1) is 0 Å². The molecular formula is C14H24N2S. The molecule has 3 heteroatoms. The van der Waals surface area contributed by atoms with Gasteiger partial charge in [0.1, 0.15) is 0 Å². The molecule has 0 saturated carbocycles. The second-order valence-electron chi connectivity index (χ2n) is 5.72. The average Bonchev–Trinajstić information content (AvgIpc) is 2.75. The maximum atomic E-state index is 3.74. The molecule has 2 rings (SSSR count). The molecule has 1 aromatic heterocycles. The molecule has 0 unspecified atom stereocenters. The highest BCUT2D eigenvalue weighted by Gasteiger charge is 2.25. The van der Waals surface area contributed by atoms with Crippen molar-refractivity contribution in [1.82, 2.24) is 10.6 Å². The van der Waals surface area contributed by atoms with E-state index < -0.39 is 0 Å². The lowest BCUT2D eigenvalue weighted by Crippen LogP contribution is -2.44. The lowest BCUT2D eigenvalue weighted by molar-refractivity contribution is 0.353. The molecule has 2 N–H and O–H groups in total. The molecule has 0 spiro atoms. The normalized spacial score (nSPS) is 18.5. The molecule has 0 bridgehead atoms. The average molecular weight is 252 g/mol. The fourth-order valence-corrected chi connectivity index (χ4v) is 3.63. The van der Waals surface area contributed by atoms with Gasteiger partial charge in [-0.25, -0.2) is 0 Å². The lowest BCUT2D eigenvalue weighted by atomic mass is 9.88. The Morgan fingerprint density at radius 1 is 1.41 bits per heavy atom. The van der Waals surface area contributed by atoms with Crippen LogP contribution in [-0.4, -0.2) is 25.7 Å². The minimum absolute atomic E-state index is 0.253. The first-order chi connectivity index (χ1) is 8.09. The molecule has 0 atom stereocenters. The molecule has 2 heterocycles. The molecular weight excluding hydrogens is 228 g/mol. The summed E-state index contributed by atoms with van der Waals surface area (Å²) in [6.45, 7) is 10.3. The number of piperidine rings is 1. The van der Waals surface area contributed by atoms with E-state index in [4.69, 9.17) is 0 Å². The summed E-state index contributed by atoms with van der Waals surface area (Å²) < 4.78 is 0. The second-order valence-corrected chi connectivity index (χ2v) is 6.64. The Bertz CT molecular complexity index is 351. The maximum absolute atomic E-state index is 3.74. The Morgan fingerprint density at radius 2 is 2.12 bits per heavy atom. The van der Waals surface area contributed by atoms with Crippen LogP contribution in [-0.2, 0) is 5.41 Å². The van der Waals surface area contributed by atoms with Crippen molar-refractivity contribution in [1.29, 1.82) is 0 Å². The van der Waals surface area contributed by atoms with Gasteiger partial charge in [0.2, 0.25) is 0 Å². The van der Waals surface area contributed by atoms with Gasteiger partial charge in [-0.1, -0.05) is 13.8 Å². The third kappa shape index (κ3) is 3.30. The molecule has 1 aromatic rings. The van der Waals surface area contributed by atoms with Crippen LogP contribution in [0.3, 0.4) is 0 Å². The van der Waals surface area contributed by atoms with Crippen molar-refractivity contribution in [2.24, 2.45) is 0 Å². The highest BCUT2D eigenvalue weighted by atomic mass is 32.1. The topological polar surface area (TPSA) is 24.1 Å². The van der Waals surface area contributed by atoms with E-state index in [-0.39, 0.29) is 5.41 Å². The predicted molar refractivity (Wildman–Crippen MR) is 76.0 cm³/mol. The number of rotatable bonds is 4. The predicted octanol–water partition coefficient (Wildman–Crippen LogP) is 2.68. The zero-order valence-corrected chi connectivity index (χ0v) is 12.0. The van der Waals surface area contributed by atoms with E-state index in [2.05, 4.69) is 42.9 Å². The molecule has 0 amide bonds. The minimum atomic E-state index is 0.253. The number of hydrogen-bond acceptors (Lipinski definition) is 3. The summed E-state index contributed by atoms with van der Waals surface area (Å²) in [4.78, 5) is 1.53. The van der Waals surface area contributed by atoms with Crippen LogP contribution >= 0.6 is 11.3 Å². The van der Waals surface area contributed by atoms with Crippen LogP contribution < -0.4 is 10.6 Å². The molecule has 0 aliphatic carbocycles. The van der Waals surface area contributed by atoms with Gasteiger partial charge >= 0.3 is 0 Å². The van der Waals surface area contributed by atoms with E-state index in [0.29, 0.717) is 6.04 Å². The van der Waals surface area contributed by atoms with Gasteiger partial charge in [0.15, 0.2) is 0 Å². The molecule has 1 aliphatic rings. The molecule has 0 aromatic carbocycles. The van der Waals surface area contributed by atoms with Crippen molar-refractivity contribution >= 4 is 11.3 Å². The Balaban J connectivity index is 1.91. The summed E-state index contributed by atoms with van der Waals surface area (Å²) in [7, 11) is 0. The summed E-state index contributed by atoms with van der Waals surface area (Å²) in [5, 5.41) is 9.36. The maximum Gasteiger partial charge on any atom is 0.0143 e. The first-order valence-corrected chi connectivity index (χ1v) is 7.46. The zero-order valence-electron chi connectivity index (χ0n) is 11.2. The summed E-state index contributed by atoms with van der Waals surface area (Å²) in [5.74, 6) is 0. The molecule has 1 fully saturated rings. The van der Waals surface area contributed by atoms with Gasteiger partial charge in [-0.2, -0.15) is 0 Å². The van der Waals surface area contributed by atoms with E-state index in [0.717, 1.165) is 19.6 Å². The van der Waals surface area contributed by atoms with Gasteiger partial charge in [-0.3, -0.25) is 0 Å². The smallest absolute Gasteiger partial charge is 0.0143 e. The van der Waals surface area contributed by atoms with Crippen molar-refractivity contribution in [3.05, 3.63) is 21.9 Å². The number of aryl methyl sites for hydroxylation is 1. The van der Waals surface area contributed by atoms with E-state index in [1.54, 1.807) is 0 Å². The minimum Gasteiger partial charge on any atom is -0.317 e. The highest BCUT2D eigenvalue weighted by Crippen LogP contribution is 2.30. The number of nitrogens with one attached hydrogen (secondary N) is 2. The van der Waals surface area contributed by atoms with Gasteiger partial charge in [0.25, 0.3) is 0 Å². The SMILES string of the molecule is Cc1ccsc1C(C)(C)CNC1CCNCC1. The van der Waals surface area contributed by atoms with Gasteiger partial charge < -0.3 is 10.6 Å². The fourth-order valence-electron chi connectivity index (χ4n) is 2.57. The van der Waals surface area contributed by atoms with Crippen molar-refractivity contribution in [3.63, 3.8) is 0 Å². The van der Waals surface area contributed by atoms with Crippen LogP contribution in [0.15, 0.2) is 11.4 Å². The van der Waals surface area contributed by atoms with E-state index in [9.17, 15) is 0 Å². The third-order valence-corrected chi connectivity index (χ3v) is 5.03. The Labute approximate surface area is 109 Å².